The fourth-order valence-electron chi connectivity index (χ4n) is 0.989. The van der Waals surface area contributed by atoms with E-state index in [1.807, 2.05) is 6.54 Å². The lowest BCUT2D eigenvalue weighted by molar-refractivity contribution is -0.727. The summed E-state index contributed by atoms with van der Waals surface area (Å²) in [5.41, 5.74) is 0.365. The van der Waals surface area contributed by atoms with Crippen LogP contribution in [0.3, 0.4) is 0 Å². The fourth-order valence-corrected chi connectivity index (χ4v) is 0.989. The van der Waals surface area contributed by atoms with E-state index in [9.17, 15) is 9.70 Å². The van der Waals surface area contributed by atoms with Gasteiger partial charge in [-0.05, 0) is 12.1 Å². The number of nitrogens with zero attached hydrogens (tertiary/aromatic N) is 1. The van der Waals surface area contributed by atoms with Crippen molar-refractivity contribution in [1.82, 2.24) is 0 Å². The zero-order valence-electron chi connectivity index (χ0n) is 5.98. The number of para-hydroxylation sites is 1. The van der Waals surface area contributed by atoms with Gasteiger partial charge >= 0.3 is 6.54 Å². The Morgan fingerprint density at radius 1 is 1.33 bits per heavy atom. The highest BCUT2D eigenvalue weighted by Crippen LogP contribution is 2.23. The summed E-state index contributed by atoms with van der Waals surface area (Å²) in [6, 6.07) is 6.52. The van der Waals surface area contributed by atoms with Gasteiger partial charge in [-0.25, -0.2) is 0 Å². The summed E-state index contributed by atoms with van der Waals surface area (Å²) in [6.07, 6.45) is 0. The molecule has 58 valence electrons. The van der Waals surface area contributed by atoms with Gasteiger partial charge in [0.2, 0.25) is 5.75 Å². The minimum Gasteiger partial charge on any atom is -0.285 e. The summed E-state index contributed by atoms with van der Waals surface area (Å²) >= 11 is 0. The monoisotopic (exact) mass is 162 g/mol. The van der Waals surface area contributed by atoms with Crippen molar-refractivity contribution in [2.45, 2.75) is 0 Å². The van der Waals surface area contributed by atoms with Crippen molar-refractivity contribution in [1.29, 1.82) is 0 Å². The van der Waals surface area contributed by atoms with Crippen molar-refractivity contribution < 1.29 is 14.6 Å². The second kappa shape index (κ2) is 2.41. The first-order valence-electron chi connectivity index (χ1n) is 3.32. The molecule has 4 nitrogen and oxygen atoms in total. The second-order valence-electron chi connectivity index (χ2n) is 2.29. The normalized spacial score (nSPS) is 15.3. The quantitative estimate of drug-likeness (QED) is 0.571. The zero-order chi connectivity index (χ0) is 8.55. The average Bonchev–Trinajstić information content (AvgIpc) is 2.04. The molecule has 0 spiro atoms. The molecule has 4 heteroatoms. The maximum atomic E-state index is 11.1. The summed E-state index contributed by atoms with van der Waals surface area (Å²) < 4.78 is 0. The number of carbonyl (C=O) groups excluding carboxylic acids is 1. The van der Waals surface area contributed by atoms with E-state index in [0.29, 0.717) is 5.56 Å². The number of benzene rings is 1. The number of Topliss-reactive ketones (excluding diaryl/α,β-unsaturated/α-hetero) is 1. The molecule has 0 N–H and O–H groups in total. The molecule has 0 bridgehead atoms. The van der Waals surface area contributed by atoms with Crippen LogP contribution in [-0.2, 0) is 0 Å². The van der Waals surface area contributed by atoms with Crippen LogP contribution in [0.5, 0.6) is 5.75 Å². The Morgan fingerprint density at radius 3 is 2.92 bits per heavy atom. The van der Waals surface area contributed by atoms with Crippen LogP contribution in [0.1, 0.15) is 10.4 Å². The van der Waals surface area contributed by atoms with Gasteiger partial charge in [0.25, 0.3) is 10.7 Å². The van der Waals surface area contributed by atoms with E-state index >= 15 is 0 Å². The standard InChI is InChI=1S/C8H4NO3/c10-7-5-9(11)12-8-4-2-1-3-6(7)8/h1-4H/q+1. The molecule has 0 saturated carbocycles. The van der Waals surface area contributed by atoms with E-state index in [1.165, 1.54) is 0 Å². The minimum absolute atomic E-state index is 0.0324. The van der Waals surface area contributed by atoms with Gasteiger partial charge < -0.3 is 0 Å². The number of hydrogen-bond acceptors (Lipinski definition) is 3. The van der Waals surface area contributed by atoms with Crippen LogP contribution in [-0.4, -0.2) is 10.7 Å². The second-order valence-corrected chi connectivity index (χ2v) is 2.29. The molecule has 0 unspecified atom stereocenters. The highest BCUT2D eigenvalue weighted by Gasteiger charge is 2.35. The number of fused-ring (bicyclic) bond motifs is 1. The Balaban J connectivity index is 2.54. The first-order valence-corrected chi connectivity index (χ1v) is 3.32. The molecule has 1 aliphatic rings. The van der Waals surface area contributed by atoms with Gasteiger partial charge in [0, 0.05) is 0 Å². The van der Waals surface area contributed by atoms with Crippen molar-refractivity contribution in [2.24, 2.45) is 0 Å². The van der Waals surface area contributed by atoms with Crippen molar-refractivity contribution in [3.8, 4) is 5.75 Å². The molecule has 0 saturated heterocycles. The molecule has 1 aromatic rings. The third-order valence-electron chi connectivity index (χ3n) is 1.51. The predicted molar refractivity (Wildman–Crippen MR) is 38.3 cm³/mol. The van der Waals surface area contributed by atoms with E-state index in [0.717, 1.165) is 0 Å². The van der Waals surface area contributed by atoms with Crippen LogP contribution in [0.4, 0.5) is 0 Å². The molecule has 1 heterocycles. The van der Waals surface area contributed by atoms with E-state index in [-0.39, 0.29) is 10.7 Å². The van der Waals surface area contributed by atoms with E-state index in [4.69, 9.17) is 0 Å². The molecular formula is C8H4NO3+. The van der Waals surface area contributed by atoms with Crippen molar-refractivity contribution in [3.63, 3.8) is 0 Å². The van der Waals surface area contributed by atoms with Gasteiger partial charge in [-0.1, -0.05) is 12.1 Å². The van der Waals surface area contributed by atoms with Crippen LogP contribution in [0.2, 0.25) is 0 Å². The van der Waals surface area contributed by atoms with Crippen molar-refractivity contribution >= 4 is 5.78 Å². The maximum Gasteiger partial charge on any atom is 0.504 e. The minimum atomic E-state index is -0.452. The van der Waals surface area contributed by atoms with Gasteiger partial charge in [-0.2, -0.15) is 4.84 Å². The van der Waals surface area contributed by atoms with Crippen molar-refractivity contribution in [2.75, 3.05) is 0 Å². The fraction of sp³-hybridized carbons (Fsp3) is 0. The Morgan fingerprint density at radius 2 is 2.08 bits per heavy atom. The maximum absolute atomic E-state index is 11.1. The molecule has 12 heavy (non-hydrogen) atoms. The molecule has 0 fully saturated rings. The van der Waals surface area contributed by atoms with Gasteiger partial charge in [0.05, 0.1) is 10.5 Å². The average molecular weight is 162 g/mol. The van der Waals surface area contributed by atoms with Gasteiger partial charge in [0.1, 0.15) is 0 Å². The molecular weight excluding hydrogens is 158 g/mol. The lowest BCUT2D eigenvalue weighted by Crippen LogP contribution is -2.22. The summed E-state index contributed by atoms with van der Waals surface area (Å²) in [5.74, 6) is -0.178. The SMILES string of the molecule is O=C1[C][N+](=O)Oc2ccccc21. The molecule has 0 amide bonds. The number of hydrogen-bond donors (Lipinski definition) is 0. The lowest BCUT2D eigenvalue weighted by Gasteiger charge is -2.03. The Bertz CT molecular complexity index is 359. The molecule has 1 aliphatic heterocycles. The Labute approximate surface area is 68.3 Å². The first kappa shape index (κ1) is 6.97. The molecule has 0 aromatic heterocycles. The van der Waals surface area contributed by atoms with Crippen LogP contribution in [0.25, 0.3) is 0 Å². The highest BCUT2D eigenvalue weighted by atomic mass is 16.8. The largest absolute Gasteiger partial charge is 0.504 e. The third kappa shape index (κ3) is 0.972. The smallest absolute Gasteiger partial charge is 0.285 e. The van der Waals surface area contributed by atoms with Crippen LogP contribution in [0, 0.1) is 11.5 Å². The third-order valence-corrected chi connectivity index (χ3v) is 1.51. The summed E-state index contributed by atoms with van der Waals surface area (Å²) in [7, 11) is 0. The number of carbonyl (C=O) groups is 1. The van der Waals surface area contributed by atoms with E-state index in [2.05, 4.69) is 4.84 Å². The van der Waals surface area contributed by atoms with Crippen LogP contribution >= 0.6 is 0 Å². The number of ketones is 1. The van der Waals surface area contributed by atoms with Crippen LogP contribution < -0.4 is 4.84 Å². The number of rotatable bonds is 0. The topological polar surface area (TPSA) is 46.4 Å². The Kier molecular flexibility index (Phi) is 1.40. The summed E-state index contributed by atoms with van der Waals surface area (Å²) in [4.78, 5) is 26.3. The molecule has 0 atom stereocenters. The lowest BCUT2D eigenvalue weighted by atomic mass is 10.1. The van der Waals surface area contributed by atoms with Crippen molar-refractivity contribution in [3.05, 3.63) is 41.3 Å². The van der Waals surface area contributed by atoms with Gasteiger partial charge in [0.15, 0.2) is 0 Å². The molecule has 2 radical (unpaired) electrons. The zero-order valence-corrected chi connectivity index (χ0v) is 5.98. The van der Waals surface area contributed by atoms with E-state index in [1.54, 1.807) is 24.3 Å². The molecule has 1 aromatic carbocycles. The summed E-state index contributed by atoms with van der Waals surface area (Å²) in [6.45, 7) is 1.95. The summed E-state index contributed by atoms with van der Waals surface area (Å²) in [5, 5.41) is 0. The first-order chi connectivity index (χ1) is 5.77. The molecule has 2 rings (SSSR count). The van der Waals surface area contributed by atoms with Gasteiger partial charge in [-0.15, -0.1) is 0 Å². The highest BCUT2D eigenvalue weighted by molar-refractivity contribution is 6.03. The predicted octanol–water partition coefficient (Wildman–Crippen LogP) is 0.994. The van der Waals surface area contributed by atoms with Crippen LogP contribution in [0.15, 0.2) is 24.3 Å². The van der Waals surface area contributed by atoms with E-state index < -0.39 is 5.78 Å². The Hall–Kier alpha value is -1.71. The van der Waals surface area contributed by atoms with Gasteiger partial charge in [-0.3, -0.25) is 4.79 Å². The molecule has 0 aliphatic carbocycles.